The first kappa shape index (κ1) is 13.6. The minimum Gasteiger partial charge on any atom is -0.353 e. The third kappa shape index (κ3) is 3.15. The van der Waals surface area contributed by atoms with Crippen molar-refractivity contribution in [3.05, 3.63) is 22.8 Å². The maximum Gasteiger partial charge on any atom is 0.147 e. The van der Waals surface area contributed by atoms with E-state index in [1.54, 1.807) is 0 Å². The Hall–Kier alpha value is -0.800. The average molecular weight is 268 g/mol. The molecule has 0 bridgehead atoms. The highest BCUT2D eigenvalue weighted by atomic mass is 35.5. The van der Waals surface area contributed by atoms with Crippen molar-refractivity contribution in [1.82, 2.24) is 10.3 Å². The molecular weight excluding hydrogens is 246 g/mol. The van der Waals surface area contributed by atoms with E-state index in [1.165, 1.54) is 19.3 Å². The molecule has 1 unspecified atom stereocenters. The van der Waals surface area contributed by atoms with Gasteiger partial charge in [-0.1, -0.05) is 18.5 Å². The van der Waals surface area contributed by atoms with Gasteiger partial charge in [-0.05, 0) is 44.4 Å². The Kier molecular flexibility index (Phi) is 4.84. The fraction of sp³-hybridized carbons (Fsp3) is 0.643. The lowest BCUT2D eigenvalue weighted by atomic mass is 10.0. The smallest absolute Gasteiger partial charge is 0.147 e. The molecule has 1 saturated heterocycles. The van der Waals surface area contributed by atoms with Crippen molar-refractivity contribution >= 4 is 17.4 Å². The van der Waals surface area contributed by atoms with Gasteiger partial charge in [-0.25, -0.2) is 4.98 Å². The molecule has 0 saturated carbocycles. The van der Waals surface area contributed by atoms with Crippen LogP contribution in [0.3, 0.4) is 0 Å². The zero-order valence-corrected chi connectivity index (χ0v) is 12.0. The van der Waals surface area contributed by atoms with Gasteiger partial charge in [0.15, 0.2) is 0 Å². The maximum absolute atomic E-state index is 6.38. The van der Waals surface area contributed by atoms with Gasteiger partial charge in [0, 0.05) is 25.3 Å². The van der Waals surface area contributed by atoms with E-state index in [0.29, 0.717) is 6.04 Å². The molecule has 0 spiro atoms. The molecule has 0 aromatic carbocycles. The second kappa shape index (κ2) is 6.39. The number of hydrogen-bond donors (Lipinski definition) is 1. The van der Waals surface area contributed by atoms with Gasteiger partial charge in [0.25, 0.3) is 0 Å². The van der Waals surface area contributed by atoms with E-state index < -0.39 is 0 Å². The quantitative estimate of drug-likeness (QED) is 0.908. The molecule has 1 aliphatic heterocycles. The average Bonchev–Trinajstić information content (AvgIpc) is 2.38. The molecule has 1 aromatic rings. The van der Waals surface area contributed by atoms with Gasteiger partial charge in [0.05, 0.1) is 5.02 Å². The Morgan fingerprint density at radius 1 is 1.50 bits per heavy atom. The van der Waals surface area contributed by atoms with Crippen molar-refractivity contribution in [2.45, 2.75) is 45.7 Å². The molecule has 2 rings (SSSR count). The Morgan fingerprint density at radius 2 is 2.33 bits per heavy atom. The highest BCUT2D eigenvalue weighted by molar-refractivity contribution is 6.33. The predicted molar refractivity (Wildman–Crippen MR) is 77.3 cm³/mol. The number of halogens is 1. The summed E-state index contributed by atoms with van der Waals surface area (Å²) in [5.74, 6) is 0.948. The number of hydrogen-bond acceptors (Lipinski definition) is 3. The van der Waals surface area contributed by atoms with Gasteiger partial charge in [0.2, 0.25) is 0 Å². The van der Waals surface area contributed by atoms with Crippen LogP contribution in [0.2, 0.25) is 5.02 Å². The van der Waals surface area contributed by atoms with Crippen LogP contribution in [0.5, 0.6) is 0 Å². The minimum absolute atomic E-state index is 0.545. The van der Waals surface area contributed by atoms with Gasteiger partial charge in [-0.2, -0.15) is 0 Å². The van der Waals surface area contributed by atoms with Gasteiger partial charge in [-0.15, -0.1) is 0 Å². The molecule has 2 heterocycles. The third-order valence-electron chi connectivity index (χ3n) is 3.53. The van der Waals surface area contributed by atoms with Crippen LogP contribution in [0.15, 0.2) is 12.3 Å². The van der Waals surface area contributed by atoms with Crippen LogP contribution in [0.4, 0.5) is 5.82 Å². The largest absolute Gasteiger partial charge is 0.353 e. The topological polar surface area (TPSA) is 28.2 Å². The SMILES string of the molecule is CCNCc1cnc(N2CCCCC2C)c(Cl)c1. The van der Waals surface area contributed by atoms with Crippen molar-refractivity contribution < 1.29 is 0 Å². The lowest BCUT2D eigenvalue weighted by Gasteiger charge is -2.35. The summed E-state index contributed by atoms with van der Waals surface area (Å²) in [6.07, 6.45) is 5.72. The molecule has 0 radical (unpaired) electrons. The first-order valence-corrected chi connectivity index (χ1v) is 7.22. The van der Waals surface area contributed by atoms with Crippen molar-refractivity contribution in [1.29, 1.82) is 0 Å². The molecule has 0 amide bonds. The highest BCUT2D eigenvalue weighted by Crippen LogP contribution is 2.29. The Labute approximate surface area is 115 Å². The first-order chi connectivity index (χ1) is 8.72. The van der Waals surface area contributed by atoms with Crippen LogP contribution < -0.4 is 10.2 Å². The summed E-state index contributed by atoms with van der Waals surface area (Å²) in [7, 11) is 0. The summed E-state index contributed by atoms with van der Waals surface area (Å²) in [5.41, 5.74) is 1.15. The zero-order chi connectivity index (χ0) is 13.0. The normalized spacial score (nSPS) is 20.2. The van der Waals surface area contributed by atoms with E-state index in [1.807, 2.05) is 12.3 Å². The number of aromatic nitrogens is 1. The zero-order valence-electron chi connectivity index (χ0n) is 11.2. The van der Waals surface area contributed by atoms with Crippen molar-refractivity contribution in [2.24, 2.45) is 0 Å². The third-order valence-corrected chi connectivity index (χ3v) is 3.81. The number of piperidine rings is 1. The van der Waals surface area contributed by atoms with Crippen LogP contribution in [0.25, 0.3) is 0 Å². The van der Waals surface area contributed by atoms with E-state index in [0.717, 1.165) is 36.0 Å². The van der Waals surface area contributed by atoms with Crippen molar-refractivity contribution in [2.75, 3.05) is 18.0 Å². The monoisotopic (exact) mass is 267 g/mol. The Bertz CT molecular complexity index is 395. The maximum atomic E-state index is 6.38. The fourth-order valence-electron chi connectivity index (χ4n) is 2.46. The van der Waals surface area contributed by atoms with E-state index in [-0.39, 0.29) is 0 Å². The number of anilines is 1. The van der Waals surface area contributed by atoms with E-state index in [4.69, 9.17) is 11.6 Å². The number of rotatable bonds is 4. The van der Waals surface area contributed by atoms with Crippen LogP contribution in [0, 0.1) is 0 Å². The summed E-state index contributed by atoms with van der Waals surface area (Å²) in [4.78, 5) is 6.90. The summed E-state index contributed by atoms with van der Waals surface area (Å²) < 4.78 is 0. The highest BCUT2D eigenvalue weighted by Gasteiger charge is 2.21. The lowest BCUT2D eigenvalue weighted by molar-refractivity contribution is 0.481. The van der Waals surface area contributed by atoms with E-state index >= 15 is 0 Å². The fourth-order valence-corrected chi connectivity index (χ4v) is 2.76. The standard InChI is InChI=1S/C14H22ClN3/c1-3-16-9-12-8-13(15)14(17-10-12)18-7-5-4-6-11(18)2/h8,10-11,16H,3-7,9H2,1-2H3. The minimum atomic E-state index is 0.545. The lowest BCUT2D eigenvalue weighted by Crippen LogP contribution is -2.38. The van der Waals surface area contributed by atoms with Crippen LogP contribution >= 0.6 is 11.6 Å². The molecule has 0 aliphatic carbocycles. The van der Waals surface area contributed by atoms with E-state index in [9.17, 15) is 0 Å². The molecule has 1 fully saturated rings. The Morgan fingerprint density at radius 3 is 3.00 bits per heavy atom. The summed E-state index contributed by atoms with van der Waals surface area (Å²) in [5, 5.41) is 4.06. The number of pyridine rings is 1. The predicted octanol–water partition coefficient (Wildman–Crippen LogP) is 3.22. The van der Waals surface area contributed by atoms with Gasteiger partial charge in [-0.3, -0.25) is 0 Å². The summed E-state index contributed by atoms with van der Waals surface area (Å²) in [6.45, 7) is 7.21. The molecule has 3 nitrogen and oxygen atoms in total. The van der Waals surface area contributed by atoms with Gasteiger partial charge < -0.3 is 10.2 Å². The molecule has 100 valence electrons. The van der Waals surface area contributed by atoms with Crippen LogP contribution in [-0.4, -0.2) is 24.1 Å². The molecule has 1 N–H and O–H groups in total. The van der Waals surface area contributed by atoms with Crippen molar-refractivity contribution in [3.63, 3.8) is 0 Å². The molecule has 4 heteroatoms. The summed E-state index contributed by atoms with van der Waals surface area (Å²) >= 11 is 6.38. The molecule has 1 atom stereocenters. The van der Waals surface area contributed by atoms with Gasteiger partial charge >= 0.3 is 0 Å². The molecular formula is C14H22ClN3. The van der Waals surface area contributed by atoms with Crippen LogP contribution in [-0.2, 0) is 6.54 Å². The first-order valence-electron chi connectivity index (χ1n) is 6.84. The summed E-state index contributed by atoms with van der Waals surface area (Å²) in [6, 6.07) is 2.58. The molecule has 1 aliphatic rings. The second-order valence-electron chi connectivity index (χ2n) is 4.97. The van der Waals surface area contributed by atoms with Crippen LogP contribution in [0.1, 0.15) is 38.7 Å². The number of nitrogens with one attached hydrogen (secondary N) is 1. The van der Waals surface area contributed by atoms with Crippen molar-refractivity contribution in [3.8, 4) is 0 Å². The Balaban J connectivity index is 2.13. The second-order valence-corrected chi connectivity index (χ2v) is 5.37. The number of nitrogens with zero attached hydrogens (tertiary/aromatic N) is 2. The molecule has 18 heavy (non-hydrogen) atoms. The van der Waals surface area contributed by atoms with Gasteiger partial charge in [0.1, 0.15) is 5.82 Å². The molecule has 1 aromatic heterocycles. The van der Waals surface area contributed by atoms with E-state index in [2.05, 4.69) is 29.0 Å².